The van der Waals surface area contributed by atoms with Crippen molar-refractivity contribution in [3.8, 4) is 5.75 Å². The second-order valence-corrected chi connectivity index (χ2v) is 3.69. The summed E-state index contributed by atoms with van der Waals surface area (Å²) in [6, 6.07) is 3.78. The molecule has 1 aromatic rings. The van der Waals surface area contributed by atoms with E-state index in [4.69, 9.17) is 0 Å². The van der Waals surface area contributed by atoms with Gasteiger partial charge in [-0.2, -0.15) is 0 Å². The smallest absolute Gasteiger partial charge is 0.127 e. The Balaban J connectivity index is 2.59. The number of phenolic OH excluding ortho intramolecular Hbond substituents is 1. The molecule has 1 atom stereocenters. The van der Waals surface area contributed by atoms with Crippen LogP contribution in [-0.4, -0.2) is 19.2 Å². The Hall–Kier alpha value is -1.22. The summed E-state index contributed by atoms with van der Waals surface area (Å²) in [6.45, 7) is 2.97. The largest absolute Gasteiger partial charge is 0.508 e. The van der Waals surface area contributed by atoms with Gasteiger partial charge in [0.25, 0.3) is 0 Å². The third-order valence-electron chi connectivity index (χ3n) is 2.84. The number of nitrogens with one attached hydrogen (secondary N) is 1. The fourth-order valence-electron chi connectivity index (χ4n) is 1.94. The van der Waals surface area contributed by atoms with Gasteiger partial charge in [0, 0.05) is 11.1 Å². The molecule has 1 aromatic carbocycles. The molecule has 0 bridgehead atoms. The molecule has 1 aliphatic heterocycles. The zero-order chi connectivity index (χ0) is 9.59. The average Bonchev–Trinajstić information content (AvgIpc) is 2.37. The minimum atomic E-state index is 0.389. The van der Waals surface area contributed by atoms with E-state index in [2.05, 4.69) is 12.1 Å². The Morgan fingerprint density at radius 3 is 2.85 bits per heavy atom. The number of rotatable bonds is 0. The van der Waals surface area contributed by atoms with E-state index in [0.29, 0.717) is 5.75 Å². The topological polar surface area (TPSA) is 27.9 Å². The van der Waals surface area contributed by atoms with Crippen LogP contribution < -0.4 is 10.0 Å². The molecule has 2 N–H and O–H groups in total. The van der Waals surface area contributed by atoms with Crippen molar-refractivity contribution >= 4 is 5.69 Å². The molecule has 0 aliphatic carbocycles. The molecule has 1 aliphatic rings. The first kappa shape index (κ1) is 8.38. The lowest BCUT2D eigenvalue weighted by Crippen LogP contribution is -3.12. The fraction of sp³-hybridized carbons (Fsp3) is 0.400. The SMILES string of the molecule is Cc1c(O)ccc2c1N(C)[NH+](C)C2. The van der Waals surface area contributed by atoms with Gasteiger partial charge in [0.1, 0.15) is 18.0 Å². The summed E-state index contributed by atoms with van der Waals surface area (Å²) < 4.78 is 0. The highest BCUT2D eigenvalue weighted by Gasteiger charge is 2.27. The van der Waals surface area contributed by atoms with Gasteiger partial charge in [-0.05, 0) is 19.1 Å². The third kappa shape index (κ3) is 1.08. The van der Waals surface area contributed by atoms with Gasteiger partial charge in [0.2, 0.25) is 0 Å². The van der Waals surface area contributed by atoms with E-state index in [9.17, 15) is 5.11 Å². The van der Waals surface area contributed by atoms with E-state index in [1.807, 2.05) is 20.0 Å². The highest BCUT2D eigenvalue weighted by molar-refractivity contribution is 5.62. The Morgan fingerprint density at radius 1 is 1.46 bits per heavy atom. The maximum absolute atomic E-state index is 9.55. The molecular weight excluding hydrogens is 164 g/mol. The molecule has 0 amide bonds. The molecule has 70 valence electrons. The molecular formula is C10H15N2O+. The Labute approximate surface area is 78.2 Å². The Kier molecular flexibility index (Phi) is 1.70. The van der Waals surface area contributed by atoms with Crippen LogP contribution in [0.2, 0.25) is 0 Å². The van der Waals surface area contributed by atoms with E-state index >= 15 is 0 Å². The van der Waals surface area contributed by atoms with Gasteiger partial charge in [0.15, 0.2) is 0 Å². The number of anilines is 1. The van der Waals surface area contributed by atoms with Crippen LogP contribution in [0.25, 0.3) is 0 Å². The summed E-state index contributed by atoms with van der Waals surface area (Å²) in [4.78, 5) is 0. The van der Waals surface area contributed by atoms with Crippen molar-refractivity contribution < 1.29 is 10.1 Å². The van der Waals surface area contributed by atoms with E-state index < -0.39 is 0 Å². The first-order valence-electron chi connectivity index (χ1n) is 4.49. The average molecular weight is 179 g/mol. The van der Waals surface area contributed by atoms with Gasteiger partial charge in [-0.1, -0.05) is 0 Å². The quantitative estimate of drug-likeness (QED) is 0.590. The van der Waals surface area contributed by atoms with Crippen LogP contribution >= 0.6 is 0 Å². The second kappa shape index (κ2) is 2.64. The molecule has 3 heteroatoms. The number of benzene rings is 1. The summed E-state index contributed by atoms with van der Waals surface area (Å²) in [7, 11) is 4.17. The lowest BCUT2D eigenvalue weighted by molar-refractivity contribution is -0.894. The van der Waals surface area contributed by atoms with Crippen LogP contribution in [0, 0.1) is 6.92 Å². The molecule has 0 radical (unpaired) electrons. The first-order valence-corrected chi connectivity index (χ1v) is 4.49. The van der Waals surface area contributed by atoms with Crippen molar-refractivity contribution in [2.75, 3.05) is 19.1 Å². The first-order chi connectivity index (χ1) is 6.11. The highest BCUT2D eigenvalue weighted by Crippen LogP contribution is 2.31. The maximum atomic E-state index is 9.55. The van der Waals surface area contributed by atoms with Gasteiger partial charge >= 0.3 is 0 Å². The Bertz CT molecular complexity index is 349. The molecule has 0 fully saturated rings. The molecule has 0 saturated carbocycles. The van der Waals surface area contributed by atoms with Gasteiger partial charge < -0.3 is 5.11 Å². The molecule has 13 heavy (non-hydrogen) atoms. The van der Waals surface area contributed by atoms with Crippen LogP contribution in [0.5, 0.6) is 5.75 Å². The van der Waals surface area contributed by atoms with Crippen LogP contribution in [0.3, 0.4) is 0 Å². The maximum Gasteiger partial charge on any atom is 0.127 e. The van der Waals surface area contributed by atoms with Crippen LogP contribution in [0.15, 0.2) is 12.1 Å². The normalized spacial score (nSPS) is 20.5. The summed E-state index contributed by atoms with van der Waals surface area (Å²) >= 11 is 0. The number of hydrogen-bond acceptors (Lipinski definition) is 2. The van der Waals surface area contributed by atoms with Crippen molar-refractivity contribution in [1.29, 1.82) is 0 Å². The molecule has 2 rings (SSSR count). The summed E-state index contributed by atoms with van der Waals surface area (Å²) in [5.41, 5.74) is 3.48. The number of quaternary nitrogens is 1. The molecule has 0 saturated heterocycles. The summed E-state index contributed by atoms with van der Waals surface area (Å²) in [6.07, 6.45) is 0. The van der Waals surface area contributed by atoms with E-state index in [-0.39, 0.29) is 0 Å². The van der Waals surface area contributed by atoms with Gasteiger partial charge in [0.05, 0.1) is 14.1 Å². The van der Waals surface area contributed by atoms with Crippen molar-refractivity contribution in [2.45, 2.75) is 13.5 Å². The van der Waals surface area contributed by atoms with E-state index in [1.54, 1.807) is 6.07 Å². The molecule has 3 nitrogen and oxygen atoms in total. The van der Waals surface area contributed by atoms with Gasteiger partial charge in [-0.15, -0.1) is 0 Å². The summed E-state index contributed by atoms with van der Waals surface area (Å²) in [5.74, 6) is 0.389. The van der Waals surface area contributed by atoms with Gasteiger partial charge in [-0.25, -0.2) is 10.0 Å². The Morgan fingerprint density at radius 2 is 2.15 bits per heavy atom. The van der Waals surface area contributed by atoms with Crippen molar-refractivity contribution in [3.63, 3.8) is 0 Å². The number of nitrogens with zero attached hydrogens (tertiary/aromatic N) is 1. The van der Waals surface area contributed by atoms with Crippen molar-refractivity contribution in [1.82, 2.24) is 0 Å². The van der Waals surface area contributed by atoms with Gasteiger partial charge in [-0.3, -0.25) is 0 Å². The molecule has 1 heterocycles. The standard InChI is InChI=1S/C10H14N2O/c1-7-9(13)5-4-8-6-11(2)12(3)10(7)8/h4-5,13H,6H2,1-3H3/p+1. The van der Waals surface area contributed by atoms with Crippen molar-refractivity contribution in [3.05, 3.63) is 23.3 Å². The second-order valence-electron chi connectivity index (χ2n) is 3.69. The number of hydrogen-bond donors (Lipinski definition) is 2. The zero-order valence-corrected chi connectivity index (χ0v) is 8.26. The predicted octanol–water partition coefficient (Wildman–Crippen LogP) is 0.0801. The minimum Gasteiger partial charge on any atom is -0.508 e. The molecule has 0 spiro atoms. The zero-order valence-electron chi connectivity index (χ0n) is 8.26. The minimum absolute atomic E-state index is 0.389. The van der Waals surface area contributed by atoms with E-state index in [0.717, 1.165) is 12.1 Å². The van der Waals surface area contributed by atoms with Crippen LogP contribution in [-0.2, 0) is 6.54 Å². The number of phenols is 1. The number of aromatic hydroxyl groups is 1. The predicted molar refractivity (Wildman–Crippen MR) is 51.8 cm³/mol. The fourth-order valence-corrected chi connectivity index (χ4v) is 1.94. The third-order valence-corrected chi connectivity index (χ3v) is 2.84. The van der Waals surface area contributed by atoms with E-state index in [1.165, 1.54) is 16.3 Å². The molecule has 0 aromatic heterocycles. The van der Waals surface area contributed by atoms with Crippen LogP contribution in [0.1, 0.15) is 11.1 Å². The lowest BCUT2D eigenvalue weighted by Gasteiger charge is -2.18. The van der Waals surface area contributed by atoms with Crippen molar-refractivity contribution in [2.24, 2.45) is 0 Å². The monoisotopic (exact) mass is 179 g/mol. The number of fused-ring (bicyclic) bond motifs is 1. The lowest BCUT2D eigenvalue weighted by atomic mass is 10.1. The summed E-state index contributed by atoms with van der Waals surface area (Å²) in [5, 5.41) is 13.0. The highest BCUT2D eigenvalue weighted by atomic mass is 16.3. The van der Waals surface area contributed by atoms with Crippen LogP contribution in [0.4, 0.5) is 5.69 Å². The molecule has 1 unspecified atom stereocenters.